The standard InChI is InChI=1S/C13H23ClN4O2S/c1-6-15-12-11(14)7-10(8-16-12)21(19,20)17-9-13(2,3)18(4)5/h7-8,17H,6,9H2,1-5H3,(H,15,16). The molecule has 0 radical (unpaired) electrons. The Morgan fingerprint density at radius 2 is 2.00 bits per heavy atom. The molecule has 1 heterocycles. The normalized spacial score (nSPS) is 12.7. The molecule has 6 nitrogen and oxygen atoms in total. The van der Waals surface area contributed by atoms with E-state index in [1.807, 2.05) is 39.8 Å². The van der Waals surface area contributed by atoms with Gasteiger partial charge in [0.25, 0.3) is 0 Å². The van der Waals surface area contributed by atoms with Gasteiger partial charge in [0, 0.05) is 24.8 Å². The molecule has 0 saturated heterocycles. The summed E-state index contributed by atoms with van der Waals surface area (Å²) >= 11 is 6.03. The molecular formula is C13H23ClN4O2S. The second kappa shape index (κ2) is 6.91. The third kappa shape index (κ3) is 4.81. The zero-order chi connectivity index (χ0) is 16.3. The van der Waals surface area contributed by atoms with Crippen molar-refractivity contribution in [2.75, 3.05) is 32.5 Å². The lowest BCUT2D eigenvalue weighted by molar-refractivity contribution is 0.199. The Hall–Kier alpha value is -0.890. The Morgan fingerprint density at radius 1 is 1.38 bits per heavy atom. The second-order valence-corrected chi connectivity index (χ2v) is 7.74. The number of nitrogens with one attached hydrogen (secondary N) is 2. The largest absolute Gasteiger partial charge is 0.369 e. The van der Waals surface area contributed by atoms with Crippen LogP contribution in [0.5, 0.6) is 0 Å². The molecule has 0 aliphatic heterocycles. The van der Waals surface area contributed by atoms with Crippen LogP contribution in [0.2, 0.25) is 5.02 Å². The number of hydrogen-bond acceptors (Lipinski definition) is 5. The fourth-order valence-electron chi connectivity index (χ4n) is 1.38. The summed E-state index contributed by atoms with van der Waals surface area (Å²) in [5.74, 6) is 0.478. The van der Waals surface area contributed by atoms with Crippen LogP contribution in [0.25, 0.3) is 0 Å². The predicted molar refractivity (Wildman–Crippen MR) is 86.4 cm³/mol. The van der Waals surface area contributed by atoms with Crippen LogP contribution < -0.4 is 10.0 Å². The summed E-state index contributed by atoms with van der Waals surface area (Å²) in [4.78, 5) is 6.05. The summed E-state index contributed by atoms with van der Waals surface area (Å²) in [5.41, 5.74) is -0.298. The van der Waals surface area contributed by atoms with Gasteiger partial charge in [-0.2, -0.15) is 0 Å². The number of sulfonamides is 1. The lowest BCUT2D eigenvalue weighted by Gasteiger charge is -2.32. The fraction of sp³-hybridized carbons (Fsp3) is 0.615. The SMILES string of the molecule is CCNc1ncc(S(=O)(=O)NCC(C)(C)N(C)C)cc1Cl. The molecule has 21 heavy (non-hydrogen) atoms. The van der Waals surface area contributed by atoms with Crippen molar-refractivity contribution in [2.45, 2.75) is 31.2 Å². The van der Waals surface area contributed by atoms with E-state index in [0.29, 0.717) is 12.4 Å². The molecule has 0 spiro atoms. The van der Waals surface area contributed by atoms with E-state index in [9.17, 15) is 8.42 Å². The van der Waals surface area contributed by atoms with E-state index in [-0.39, 0.29) is 22.0 Å². The summed E-state index contributed by atoms with van der Waals surface area (Å²) in [6.45, 7) is 6.76. The van der Waals surface area contributed by atoms with E-state index in [1.165, 1.54) is 12.3 Å². The molecular weight excluding hydrogens is 312 g/mol. The molecule has 1 aromatic heterocycles. The molecule has 0 atom stereocenters. The van der Waals surface area contributed by atoms with Crippen molar-refractivity contribution in [1.29, 1.82) is 0 Å². The molecule has 0 amide bonds. The lowest BCUT2D eigenvalue weighted by Crippen LogP contribution is -2.48. The second-order valence-electron chi connectivity index (χ2n) is 5.56. The molecule has 0 aromatic carbocycles. The highest BCUT2D eigenvalue weighted by molar-refractivity contribution is 7.89. The first-order valence-electron chi connectivity index (χ1n) is 6.66. The summed E-state index contributed by atoms with van der Waals surface area (Å²) in [6.07, 6.45) is 1.30. The maximum atomic E-state index is 12.3. The molecule has 0 saturated carbocycles. The number of likely N-dealkylation sites (N-methyl/N-ethyl adjacent to an activating group) is 1. The van der Waals surface area contributed by atoms with Crippen LogP contribution in [0.4, 0.5) is 5.82 Å². The minimum atomic E-state index is -3.63. The highest BCUT2D eigenvalue weighted by Gasteiger charge is 2.24. The smallest absolute Gasteiger partial charge is 0.242 e. The zero-order valence-electron chi connectivity index (χ0n) is 13.1. The molecule has 0 unspecified atom stereocenters. The Bertz CT molecular complexity index is 588. The Balaban J connectivity index is 2.91. The molecule has 2 N–H and O–H groups in total. The summed E-state index contributed by atoms with van der Waals surface area (Å²) in [5, 5.41) is 3.24. The van der Waals surface area contributed by atoms with Gasteiger partial charge in [0.1, 0.15) is 10.7 Å². The van der Waals surface area contributed by atoms with Gasteiger partial charge in [0.2, 0.25) is 10.0 Å². The topological polar surface area (TPSA) is 74.3 Å². The number of pyridine rings is 1. The van der Waals surface area contributed by atoms with Crippen LogP contribution in [0.3, 0.4) is 0 Å². The quantitative estimate of drug-likeness (QED) is 0.795. The molecule has 120 valence electrons. The van der Waals surface area contributed by atoms with Gasteiger partial charge >= 0.3 is 0 Å². The summed E-state index contributed by atoms with van der Waals surface area (Å²) < 4.78 is 27.1. The molecule has 1 aromatic rings. The van der Waals surface area contributed by atoms with Gasteiger partial charge in [-0.05, 0) is 40.9 Å². The van der Waals surface area contributed by atoms with Gasteiger partial charge in [-0.25, -0.2) is 18.1 Å². The highest BCUT2D eigenvalue weighted by atomic mass is 35.5. The van der Waals surface area contributed by atoms with Gasteiger partial charge in [-0.15, -0.1) is 0 Å². The molecule has 0 aliphatic carbocycles. The maximum Gasteiger partial charge on any atom is 0.242 e. The third-order valence-corrected chi connectivity index (χ3v) is 5.03. The highest BCUT2D eigenvalue weighted by Crippen LogP contribution is 2.22. The first kappa shape index (κ1) is 18.2. The molecule has 0 aliphatic rings. The molecule has 8 heteroatoms. The number of anilines is 1. The van der Waals surface area contributed by atoms with Crippen molar-refractivity contribution in [3.05, 3.63) is 17.3 Å². The number of nitrogens with zero attached hydrogens (tertiary/aromatic N) is 2. The van der Waals surface area contributed by atoms with E-state index in [2.05, 4.69) is 15.0 Å². The van der Waals surface area contributed by atoms with E-state index < -0.39 is 10.0 Å². The van der Waals surface area contributed by atoms with Crippen molar-refractivity contribution in [3.63, 3.8) is 0 Å². The Labute approximate surface area is 131 Å². The van der Waals surface area contributed by atoms with E-state index in [1.54, 1.807) is 0 Å². The van der Waals surface area contributed by atoms with Crippen molar-refractivity contribution in [1.82, 2.24) is 14.6 Å². The lowest BCUT2D eigenvalue weighted by atomic mass is 10.1. The van der Waals surface area contributed by atoms with Gasteiger partial charge in [0.15, 0.2) is 0 Å². The third-order valence-electron chi connectivity index (χ3n) is 3.38. The summed E-state index contributed by atoms with van der Waals surface area (Å²) in [7, 11) is 0.169. The molecule has 0 bridgehead atoms. The van der Waals surface area contributed by atoms with Crippen LogP contribution in [-0.2, 0) is 10.0 Å². The van der Waals surface area contributed by atoms with Crippen molar-refractivity contribution in [3.8, 4) is 0 Å². The minimum absolute atomic E-state index is 0.0590. The summed E-state index contributed by atoms with van der Waals surface area (Å²) in [6, 6.07) is 1.40. The number of hydrogen-bond donors (Lipinski definition) is 2. The predicted octanol–water partition coefficient (Wildman–Crippen LogP) is 1.79. The van der Waals surface area contributed by atoms with Crippen LogP contribution >= 0.6 is 11.6 Å². The van der Waals surface area contributed by atoms with Crippen molar-refractivity contribution < 1.29 is 8.42 Å². The van der Waals surface area contributed by atoms with E-state index in [0.717, 1.165) is 0 Å². The monoisotopic (exact) mass is 334 g/mol. The van der Waals surface area contributed by atoms with Gasteiger partial charge < -0.3 is 10.2 Å². The van der Waals surface area contributed by atoms with Crippen LogP contribution in [0, 0.1) is 0 Å². The maximum absolute atomic E-state index is 12.3. The van der Waals surface area contributed by atoms with Crippen molar-refractivity contribution in [2.24, 2.45) is 0 Å². The molecule has 0 fully saturated rings. The zero-order valence-corrected chi connectivity index (χ0v) is 14.6. The molecule has 1 rings (SSSR count). The van der Waals surface area contributed by atoms with Gasteiger partial charge in [-0.3, -0.25) is 0 Å². The fourth-order valence-corrected chi connectivity index (χ4v) is 2.85. The number of aromatic nitrogens is 1. The minimum Gasteiger partial charge on any atom is -0.369 e. The van der Waals surface area contributed by atoms with Crippen LogP contribution in [-0.4, -0.2) is 51.0 Å². The average Bonchev–Trinajstić information content (AvgIpc) is 2.39. The van der Waals surface area contributed by atoms with E-state index in [4.69, 9.17) is 11.6 Å². The number of rotatable bonds is 7. The first-order chi connectivity index (χ1) is 9.60. The van der Waals surface area contributed by atoms with Gasteiger partial charge in [-0.1, -0.05) is 11.6 Å². The Morgan fingerprint density at radius 3 is 2.48 bits per heavy atom. The van der Waals surface area contributed by atoms with Crippen LogP contribution in [0.1, 0.15) is 20.8 Å². The van der Waals surface area contributed by atoms with Gasteiger partial charge in [0.05, 0.1) is 5.02 Å². The average molecular weight is 335 g/mol. The van der Waals surface area contributed by atoms with Crippen molar-refractivity contribution >= 4 is 27.4 Å². The Kier molecular flexibility index (Phi) is 5.98. The van der Waals surface area contributed by atoms with E-state index >= 15 is 0 Å². The van der Waals surface area contributed by atoms with Crippen LogP contribution in [0.15, 0.2) is 17.2 Å². The first-order valence-corrected chi connectivity index (χ1v) is 8.53. The number of halogens is 1.